The molecular weight excluding hydrogens is 326 g/mol. The van der Waals surface area contributed by atoms with E-state index in [1.165, 1.54) is 0 Å². The first-order valence-electron chi connectivity index (χ1n) is 8.16. The van der Waals surface area contributed by atoms with E-state index < -0.39 is 14.6 Å². The molecule has 1 atom stereocenters. The Bertz CT molecular complexity index is 880. The summed E-state index contributed by atoms with van der Waals surface area (Å²) >= 11 is 0. The zero-order chi connectivity index (χ0) is 17.5. The fourth-order valence-electron chi connectivity index (χ4n) is 3.30. The molecule has 24 heavy (non-hydrogen) atoms. The van der Waals surface area contributed by atoms with Gasteiger partial charge in [-0.25, -0.2) is 8.42 Å². The van der Waals surface area contributed by atoms with Crippen molar-refractivity contribution in [3.05, 3.63) is 35.6 Å². The molecule has 1 aliphatic rings. The molecule has 6 heteroatoms. The van der Waals surface area contributed by atoms with Gasteiger partial charge in [0.25, 0.3) is 0 Å². The van der Waals surface area contributed by atoms with E-state index in [4.69, 9.17) is 4.42 Å². The lowest BCUT2D eigenvalue weighted by Crippen LogP contribution is -2.49. The third-order valence-electron chi connectivity index (χ3n) is 4.84. The van der Waals surface area contributed by atoms with Gasteiger partial charge in [0.05, 0.1) is 23.2 Å². The van der Waals surface area contributed by atoms with Crippen LogP contribution in [0.3, 0.4) is 0 Å². The van der Waals surface area contributed by atoms with E-state index >= 15 is 0 Å². The lowest BCUT2D eigenvalue weighted by atomic mass is 9.99. The molecule has 0 bridgehead atoms. The molecule has 5 nitrogen and oxygen atoms in total. The predicted octanol–water partition coefficient (Wildman–Crippen LogP) is 2.76. The number of aryl methyl sites for hydroxylation is 1. The molecule has 0 saturated carbocycles. The molecule has 1 amide bonds. The molecule has 2 heterocycles. The molecule has 0 radical (unpaired) electrons. The first-order chi connectivity index (χ1) is 11.2. The molecule has 1 N–H and O–H groups in total. The van der Waals surface area contributed by atoms with Crippen molar-refractivity contribution in [3.63, 3.8) is 0 Å². The van der Waals surface area contributed by atoms with Crippen molar-refractivity contribution in [2.75, 3.05) is 5.75 Å². The van der Waals surface area contributed by atoms with Crippen LogP contribution in [0.4, 0.5) is 0 Å². The van der Waals surface area contributed by atoms with Gasteiger partial charge in [-0.2, -0.15) is 0 Å². The van der Waals surface area contributed by atoms with Gasteiger partial charge in [-0.1, -0.05) is 12.1 Å². The zero-order valence-electron chi connectivity index (χ0n) is 14.3. The van der Waals surface area contributed by atoms with Crippen LogP contribution < -0.4 is 5.32 Å². The largest absolute Gasteiger partial charge is 0.464 e. The topological polar surface area (TPSA) is 76.4 Å². The Labute approximate surface area is 142 Å². The number of hydrogen-bond donors (Lipinski definition) is 1. The Morgan fingerprint density at radius 3 is 2.83 bits per heavy atom. The number of hydrogen-bond acceptors (Lipinski definition) is 4. The fraction of sp³-hybridized carbons (Fsp3) is 0.500. The summed E-state index contributed by atoms with van der Waals surface area (Å²) in [5, 5.41) is 3.93. The molecule has 1 aromatic heterocycles. The van der Waals surface area contributed by atoms with Crippen LogP contribution in [0.15, 0.2) is 28.9 Å². The van der Waals surface area contributed by atoms with Crippen molar-refractivity contribution in [2.45, 2.75) is 50.8 Å². The van der Waals surface area contributed by atoms with Crippen LogP contribution in [0.2, 0.25) is 0 Å². The van der Waals surface area contributed by atoms with Gasteiger partial charge in [0.15, 0.2) is 9.84 Å². The third-order valence-corrected chi connectivity index (χ3v) is 7.47. The summed E-state index contributed by atoms with van der Waals surface area (Å²) in [5.41, 5.74) is 2.74. The van der Waals surface area contributed by atoms with E-state index in [2.05, 4.69) is 5.32 Å². The van der Waals surface area contributed by atoms with E-state index in [0.29, 0.717) is 12.8 Å². The van der Waals surface area contributed by atoms with E-state index in [9.17, 15) is 13.2 Å². The highest BCUT2D eigenvalue weighted by Gasteiger charge is 2.41. The standard InChI is InChI=1S/C18H23NO4S/c1-12-4-5-15-13(11-23-16(15)8-12)9-17(20)19-14-6-7-24(21,22)18(2,3)10-14/h4-5,8,11,14H,6-7,9-10H2,1-3H3,(H,19,20). The monoisotopic (exact) mass is 349 g/mol. The minimum Gasteiger partial charge on any atom is -0.464 e. The fourth-order valence-corrected chi connectivity index (χ4v) is 4.90. The van der Waals surface area contributed by atoms with Gasteiger partial charge >= 0.3 is 0 Å². The molecular formula is C18H23NO4S. The predicted molar refractivity (Wildman–Crippen MR) is 93.7 cm³/mol. The summed E-state index contributed by atoms with van der Waals surface area (Å²) in [6, 6.07) is 5.81. The summed E-state index contributed by atoms with van der Waals surface area (Å²) in [4.78, 5) is 12.4. The summed E-state index contributed by atoms with van der Waals surface area (Å²) in [6.45, 7) is 5.45. The Morgan fingerprint density at radius 2 is 2.12 bits per heavy atom. The average molecular weight is 349 g/mol. The average Bonchev–Trinajstić information content (AvgIpc) is 2.85. The molecule has 2 aromatic rings. The van der Waals surface area contributed by atoms with Crippen LogP contribution >= 0.6 is 0 Å². The van der Waals surface area contributed by atoms with Gasteiger partial charge in [0.2, 0.25) is 5.91 Å². The molecule has 0 aliphatic carbocycles. The van der Waals surface area contributed by atoms with Crippen LogP contribution in [0, 0.1) is 6.92 Å². The summed E-state index contributed by atoms with van der Waals surface area (Å²) in [5.74, 6) is 0.0251. The lowest BCUT2D eigenvalue weighted by Gasteiger charge is -2.35. The highest BCUT2D eigenvalue weighted by molar-refractivity contribution is 7.92. The number of carbonyl (C=O) groups excluding carboxylic acids is 1. The molecule has 1 unspecified atom stereocenters. The minimum absolute atomic E-state index is 0.0987. The van der Waals surface area contributed by atoms with E-state index in [-0.39, 0.29) is 24.1 Å². The van der Waals surface area contributed by atoms with Crippen molar-refractivity contribution in [1.29, 1.82) is 0 Å². The highest BCUT2D eigenvalue weighted by Crippen LogP contribution is 2.30. The van der Waals surface area contributed by atoms with Crippen molar-refractivity contribution >= 4 is 26.7 Å². The first kappa shape index (κ1) is 17.0. The van der Waals surface area contributed by atoms with Crippen LogP contribution in [-0.2, 0) is 21.1 Å². The van der Waals surface area contributed by atoms with Crippen molar-refractivity contribution in [3.8, 4) is 0 Å². The Kier molecular flexibility index (Phi) is 4.20. The number of carbonyl (C=O) groups is 1. The van der Waals surface area contributed by atoms with Gasteiger partial charge in [-0.05, 0) is 45.2 Å². The SMILES string of the molecule is Cc1ccc2c(CC(=O)NC3CCS(=O)(=O)C(C)(C)C3)coc2c1. The maximum absolute atomic E-state index is 12.4. The zero-order valence-corrected chi connectivity index (χ0v) is 15.1. The van der Waals surface area contributed by atoms with Crippen molar-refractivity contribution < 1.29 is 17.6 Å². The second-order valence-corrected chi connectivity index (χ2v) is 10.0. The second kappa shape index (κ2) is 5.92. The van der Waals surface area contributed by atoms with Crippen LogP contribution in [-0.4, -0.2) is 30.9 Å². The van der Waals surface area contributed by atoms with Gasteiger partial charge in [-0.3, -0.25) is 4.79 Å². The quantitative estimate of drug-likeness (QED) is 0.924. The Morgan fingerprint density at radius 1 is 1.38 bits per heavy atom. The number of rotatable bonds is 3. The summed E-state index contributed by atoms with van der Waals surface area (Å²) in [6.07, 6.45) is 2.79. The number of amides is 1. The number of sulfone groups is 1. The molecule has 1 aromatic carbocycles. The summed E-state index contributed by atoms with van der Waals surface area (Å²) < 4.78 is 28.8. The van der Waals surface area contributed by atoms with E-state index in [0.717, 1.165) is 22.1 Å². The molecule has 1 saturated heterocycles. The van der Waals surface area contributed by atoms with E-state index in [1.54, 1.807) is 20.1 Å². The Balaban J connectivity index is 1.68. The third kappa shape index (κ3) is 3.20. The van der Waals surface area contributed by atoms with Crippen LogP contribution in [0.25, 0.3) is 11.0 Å². The maximum atomic E-state index is 12.4. The molecule has 1 fully saturated rings. The van der Waals surface area contributed by atoms with Gasteiger partial charge < -0.3 is 9.73 Å². The number of nitrogens with one attached hydrogen (secondary N) is 1. The van der Waals surface area contributed by atoms with Gasteiger partial charge in [0, 0.05) is 17.0 Å². The van der Waals surface area contributed by atoms with Crippen molar-refractivity contribution in [1.82, 2.24) is 5.32 Å². The summed E-state index contributed by atoms with van der Waals surface area (Å²) in [7, 11) is -3.08. The van der Waals surface area contributed by atoms with Gasteiger partial charge in [0.1, 0.15) is 5.58 Å². The van der Waals surface area contributed by atoms with Crippen LogP contribution in [0.5, 0.6) is 0 Å². The second-order valence-electron chi connectivity index (χ2n) is 7.27. The van der Waals surface area contributed by atoms with Gasteiger partial charge in [-0.15, -0.1) is 0 Å². The van der Waals surface area contributed by atoms with E-state index in [1.807, 2.05) is 25.1 Å². The minimum atomic E-state index is -3.08. The molecule has 1 aliphatic heterocycles. The van der Waals surface area contributed by atoms with Crippen molar-refractivity contribution in [2.24, 2.45) is 0 Å². The Hall–Kier alpha value is -1.82. The number of fused-ring (bicyclic) bond motifs is 1. The first-order valence-corrected chi connectivity index (χ1v) is 9.81. The number of furan rings is 1. The normalized spacial score (nSPS) is 22.4. The number of benzene rings is 1. The maximum Gasteiger partial charge on any atom is 0.224 e. The molecule has 3 rings (SSSR count). The molecule has 0 spiro atoms. The van der Waals surface area contributed by atoms with Crippen LogP contribution in [0.1, 0.15) is 37.8 Å². The smallest absolute Gasteiger partial charge is 0.224 e. The lowest BCUT2D eigenvalue weighted by molar-refractivity contribution is -0.121. The highest BCUT2D eigenvalue weighted by atomic mass is 32.2. The molecule has 130 valence electrons.